The Balaban J connectivity index is 2.28. The Morgan fingerprint density at radius 1 is 1.70 bits per heavy atom. The summed E-state index contributed by atoms with van der Waals surface area (Å²) in [5, 5.41) is 3.97. The molecular formula is C7H11NS2. The van der Waals surface area contributed by atoms with E-state index in [-0.39, 0.29) is 0 Å². The van der Waals surface area contributed by atoms with E-state index in [1.54, 1.807) is 11.3 Å². The van der Waals surface area contributed by atoms with Gasteiger partial charge in [0.2, 0.25) is 0 Å². The lowest BCUT2D eigenvalue weighted by molar-refractivity contribution is 1.10. The zero-order chi connectivity index (χ0) is 7.40. The van der Waals surface area contributed by atoms with E-state index in [1.165, 1.54) is 5.01 Å². The van der Waals surface area contributed by atoms with Crippen molar-refractivity contribution in [3.8, 4) is 0 Å². The molecule has 0 aliphatic heterocycles. The zero-order valence-corrected chi connectivity index (χ0v) is 7.84. The Morgan fingerprint density at radius 3 is 3.00 bits per heavy atom. The van der Waals surface area contributed by atoms with Crippen LogP contribution in [0.25, 0.3) is 0 Å². The van der Waals surface area contributed by atoms with Gasteiger partial charge in [0, 0.05) is 17.3 Å². The van der Waals surface area contributed by atoms with E-state index >= 15 is 0 Å². The highest BCUT2D eigenvalue weighted by molar-refractivity contribution is 7.99. The Kier molecular flexibility index (Phi) is 3.22. The Hall–Kier alpha value is -0.0200. The average Bonchev–Trinajstić information content (AvgIpc) is 2.34. The number of hydrogen-bond donors (Lipinski definition) is 0. The molecule has 1 aromatic rings. The average molecular weight is 173 g/mol. The third kappa shape index (κ3) is 2.71. The smallest absolute Gasteiger partial charge is 0.102 e. The summed E-state index contributed by atoms with van der Waals surface area (Å²) in [6.07, 6.45) is 1.86. The second kappa shape index (κ2) is 3.98. The molecule has 0 atom stereocenters. The summed E-state index contributed by atoms with van der Waals surface area (Å²) in [6.45, 7) is 4.41. The van der Waals surface area contributed by atoms with E-state index in [1.807, 2.05) is 23.3 Å². The van der Waals surface area contributed by atoms with Crippen LogP contribution in [-0.2, 0) is 5.75 Å². The predicted molar refractivity (Wildman–Crippen MR) is 48.5 cm³/mol. The van der Waals surface area contributed by atoms with Crippen LogP contribution >= 0.6 is 23.1 Å². The van der Waals surface area contributed by atoms with E-state index in [0.29, 0.717) is 5.25 Å². The minimum atomic E-state index is 0.712. The van der Waals surface area contributed by atoms with E-state index < -0.39 is 0 Å². The van der Waals surface area contributed by atoms with Crippen molar-refractivity contribution in [2.45, 2.75) is 24.9 Å². The first-order valence-electron chi connectivity index (χ1n) is 3.29. The van der Waals surface area contributed by atoms with Crippen LogP contribution in [0.3, 0.4) is 0 Å². The first-order valence-corrected chi connectivity index (χ1v) is 5.22. The van der Waals surface area contributed by atoms with E-state index in [0.717, 1.165) is 5.75 Å². The normalized spacial score (nSPS) is 10.7. The van der Waals surface area contributed by atoms with Gasteiger partial charge in [0.15, 0.2) is 0 Å². The van der Waals surface area contributed by atoms with Gasteiger partial charge in [-0.2, -0.15) is 11.8 Å². The van der Waals surface area contributed by atoms with Gasteiger partial charge < -0.3 is 0 Å². The van der Waals surface area contributed by atoms with Crippen LogP contribution in [0.2, 0.25) is 0 Å². The molecule has 56 valence electrons. The first-order chi connectivity index (χ1) is 4.79. The number of nitrogens with zero attached hydrogens (tertiary/aromatic N) is 1. The summed E-state index contributed by atoms with van der Waals surface area (Å²) in [5.74, 6) is 1.06. The summed E-state index contributed by atoms with van der Waals surface area (Å²) in [7, 11) is 0. The SMILES string of the molecule is CC(C)SCc1nccs1. The predicted octanol–water partition coefficient (Wildman–Crippen LogP) is 2.78. The topological polar surface area (TPSA) is 12.9 Å². The molecule has 0 unspecified atom stereocenters. The molecule has 0 spiro atoms. The molecule has 0 aromatic carbocycles. The molecule has 0 fully saturated rings. The molecule has 10 heavy (non-hydrogen) atoms. The molecule has 0 aliphatic rings. The van der Waals surface area contributed by atoms with Gasteiger partial charge in [0.25, 0.3) is 0 Å². The molecule has 0 radical (unpaired) electrons. The molecule has 1 heterocycles. The van der Waals surface area contributed by atoms with Crippen molar-refractivity contribution in [1.82, 2.24) is 4.98 Å². The Bertz CT molecular complexity index is 170. The monoisotopic (exact) mass is 173 g/mol. The summed E-state index contributed by atoms with van der Waals surface area (Å²) in [6, 6.07) is 0. The molecule has 1 aromatic heterocycles. The van der Waals surface area contributed by atoms with Crippen LogP contribution in [0.4, 0.5) is 0 Å². The Labute approximate surface area is 69.9 Å². The fourth-order valence-corrected chi connectivity index (χ4v) is 1.99. The first kappa shape index (κ1) is 8.08. The van der Waals surface area contributed by atoms with Gasteiger partial charge in [-0.1, -0.05) is 13.8 Å². The van der Waals surface area contributed by atoms with Gasteiger partial charge in [-0.05, 0) is 5.25 Å². The van der Waals surface area contributed by atoms with Crippen molar-refractivity contribution in [1.29, 1.82) is 0 Å². The minimum Gasteiger partial charge on any atom is -0.249 e. The molecule has 1 nitrogen and oxygen atoms in total. The van der Waals surface area contributed by atoms with Crippen molar-refractivity contribution in [3.63, 3.8) is 0 Å². The van der Waals surface area contributed by atoms with Crippen LogP contribution in [0.1, 0.15) is 18.9 Å². The van der Waals surface area contributed by atoms with Gasteiger partial charge >= 0.3 is 0 Å². The van der Waals surface area contributed by atoms with Crippen LogP contribution in [0.5, 0.6) is 0 Å². The van der Waals surface area contributed by atoms with Crippen molar-refractivity contribution in [3.05, 3.63) is 16.6 Å². The summed E-state index contributed by atoms with van der Waals surface area (Å²) < 4.78 is 0. The van der Waals surface area contributed by atoms with Crippen molar-refractivity contribution >= 4 is 23.1 Å². The van der Waals surface area contributed by atoms with Crippen molar-refractivity contribution in [2.75, 3.05) is 0 Å². The number of thiazole rings is 1. The van der Waals surface area contributed by atoms with Crippen LogP contribution in [-0.4, -0.2) is 10.2 Å². The van der Waals surface area contributed by atoms with Gasteiger partial charge in [0.05, 0.1) is 0 Å². The van der Waals surface area contributed by atoms with E-state index in [2.05, 4.69) is 18.8 Å². The molecule has 0 bridgehead atoms. The lowest BCUT2D eigenvalue weighted by Crippen LogP contribution is -1.87. The molecule has 0 N–H and O–H groups in total. The Morgan fingerprint density at radius 2 is 2.50 bits per heavy atom. The van der Waals surface area contributed by atoms with Crippen molar-refractivity contribution in [2.24, 2.45) is 0 Å². The highest BCUT2D eigenvalue weighted by Gasteiger charge is 1.97. The second-order valence-electron chi connectivity index (χ2n) is 2.29. The van der Waals surface area contributed by atoms with Crippen molar-refractivity contribution < 1.29 is 0 Å². The highest BCUT2D eigenvalue weighted by Crippen LogP contribution is 2.17. The maximum Gasteiger partial charge on any atom is 0.102 e. The molecule has 1 rings (SSSR count). The number of aromatic nitrogens is 1. The van der Waals surface area contributed by atoms with Gasteiger partial charge in [-0.25, -0.2) is 4.98 Å². The molecular weight excluding hydrogens is 162 g/mol. The summed E-state index contributed by atoms with van der Waals surface area (Å²) in [5.41, 5.74) is 0. The third-order valence-corrected chi connectivity index (χ3v) is 3.09. The lowest BCUT2D eigenvalue weighted by Gasteiger charge is -1.99. The molecule has 3 heteroatoms. The van der Waals surface area contributed by atoms with Crippen LogP contribution in [0.15, 0.2) is 11.6 Å². The third-order valence-electron chi connectivity index (χ3n) is 1.02. The van der Waals surface area contributed by atoms with Gasteiger partial charge in [-0.3, -0.25) is 0 Å². The zero-order valence-electron chi connectivity index (χ0n) is 6.20. The van der Waals surface area contributed by atoms with Crippen LogP contribution in [0, 0.1) is 0 Å². The maximum atomic E-state index is 4.19. The van der Waals surface area contributed by atoms with Gasteiger partial charge in [0.1, 0.15) is 5.01 Å². The summed E-state index contributed by atoms with van der Waals surface area (Å²) >= 11 is 3.67. The van der Waals surface area contributed by atoms with Gasteiger partial charge in [-0.15, -0.1) is 11.3 Å². The fraction of sp³-hybridized carbons (Fsp3) is 0.571. The van der Waals surface area contributed by atoms with E-state index in [9.17, 15) is 0 Å². The minimum absolute atomic E-state index is 0.712. The lowest BCUT2D eigenvalue weighted by atomic mass is 10.6. The molecule has 0 saturated carbocycles. The highest BCUT2D eigenvalue weighted by atomic mass is 32.2. The summed E-state index contributed by atoms with van der Waals surface area (Å²) in [4.78, 5) is 4.19. The van der Waals surface area contributed by atoms with Crippen LogP contribution < -0.4 is 0 Å². The molecule has 0 saturated heterocycles. The molecule has 0 amide bonds. The quantitative estimate of drug-likeness (QED) is 0.697. The molecule has 0 aliphatic carbocycles. The number of hydrogen-bond acceptors (Lipinski definition) is 3. The number of thioether (sulfide) groups is 1. The fourth-order valence-electron chi connectivity index (χ4n) is 0.562. The number of rotatable bonds is 3. The standard InChI is InChI=1S/C7H11NS2/c1-6(2)10-5-7-8-3-4-9-7/h3-4,6H,5H2,1-2H3. The largest absolute Gasteiger partial charge is 0.249 e. The second-order valence-corrected chi connectivity index (χ2v) is 4.83. The van der Waals surface area contributed by atoms with E-state index in [4.69, 9.17) is 0 Å². The maximum absolute atomic E-state index is 4.19.